The van der Waals surface area contributed by atoms with Crippen LogP contribution in [0, 0.1) is 5.41 Å². The van der Waals surface area contributed by atoms with Crippen LogP contribution in [0.15, 0.2) is 82.4 Å². The van der Waals surface area contributed by atoms with Crippen molar-refractivity contribution in [3.05, 3.63) is 121 Å². The molecule has 0 fully saturated rings. The Bertz CT molecular complexity index is 1300. The summed E-state index contributed by atoms with van der Waals surface area (Å²) in [4.78, 5) is 0. The van der Waals surface area contributed by atoms with Crippen molar-refractivity contribution in [1.82, 2.24) is 0 Å². The molecule has 0 unspecified atom stereocenters. The summed E-state index contributed by atoms with van der Waals surface area (Å²) in [5.74, 6) is 0. The molecule has 0 bridgehead atoms. The summed E-state index contributed by atoms with van der Waals surface area (Å²) < 4.78 is 1.32. The van der Waals surface area contributed by atoms with E-state index in [1.54, 1.807) is 11.1 Å². The summed E-state index contributed by atoms with van der Waals surface area (Å²) in [6.07, 6.45) is 9.22. The van der Waals surface area contributed by atoms with Gasteiger partial charge in [0.2, 0.25) is 0 Å². The summed E-state index contributed by atoms with van der Waals surface area (Å²) in [6, 6.07) is 21.8. The van der Waals surface area contributed by atoms with Crippen molar-refractivity contribution < 1.29 is 0 Å². The highest BCUT2D eigenvalue weighted by atomic mass is 79.9. The topological polar surface area (TPSA) is 23.9 Å². The van der Waals surface area contributed by atoms with E-state index < -0.39 is 0 Å². The van der Waals surface area contributed by atoms with Gasteiger partial charge in [0.1, 0.15) is 0 Å². The summed E-state index contributed by atoms with van der Waals surface area (Å²) in [5, 5.41) is 8.35. The molecule has 0 saturated heterocycles. The Labute approximate surface area is 198 Å². The fourth-order valence-corrected chi connectivity index (χ4v) is 6.67. The van der Waals surface area contributed by atoms with Crippen molar-refractivity contribution in [1.29, 1.82) is 5.41 Å². The number of nitrogens with one attached hydrogen (secondary N) is 1. The standard InChI is InChI=1S/C30H26BrN/c31-30-26(15-19-7-3-1-4-8-19)24-13-11-21-17-23(32)18-22-12-14-25(29(24)28(21)22)27(30)16-20-9-5-2-6-10-20/h1-10,17,32H,11-16,18H2. The molecule has 0 heterocycles. The van der Waals surface area contributed by atoms with Crippen LogP contribution in [0.5, 0.6) is 0 Å². The zero-order valence-electron chi connectivity index (χ0n) is 18.2. The van der Waals surface area contributed by atoms with E-state index in [9.17, 15) is 0 Å². The van der Waals surface area contributed by atoms with E-state index in [2.05, 4.69) is 82.7 Å². The maximum absolute atomic E-state index is 8.35. The van der Waals surface area contributed by atoms with Gasteiger partial charge in [-0.25, -0.2) is 0 Å². The molecule has 3 aliphatic rings. The van der Waals surface area contributed by atoms with Gasteiger partial charge in [-0.2, -0.15) is 0 Å². The molecule has 2 heteroatoms. The molecule has 1 nitrogen and oxygen atoms in total. The summed E-state index contributed by atoms with van der Waals surface area (Å²) in [6.45, 7) is 0. The van der Waals surface area contributed by atoms with E-state index in [-0.39, 0.29) is 0 Å². The van der Waals surface area contributed by atoms with E-state index in [0.717, 1.165) is 50.7 Å². The van der Waals surface area contributed by atoms with Crippen LogP contribution in [-0.4, -0.2) is 5.71 Å². The predicted molar refractivity (Wildman–Crippen MR) is 137 cm³/mol. The lowest BCUT2D eigenvalue weighted by Gasteiger charge is -2.37. The first kappa shape index (κ1) is 19.9. The van der Waals surface area contributed by atoms with Crippen LogP contribution >= 0.6 is 15.9 Å². The maximum atomic E-state index is 8.35. The lowest BCUT2D eigenvalue weighted by Crippen LogP contribution is -2.23. The SMILES string of the molecule is N=C1C=C2CCc3c(Cc4ccccc4)c(Br)c(Cc4ccccc4)c4c3C2=C(CC4)C1. The highest BCUT2D eigenvalue weighted by Crippen LogP contribution is 2.50. The first-order valence-corrected chi connectivity index (χ1v) is 12.4. The molecule has 0 amide bonds. The smallest absolute Gasteiger partial charge is 0.0357 e. The molecule has 3 aromatic carbocycles. The molecule has 6 rings (SSSR count). The van der Waals surface area contributed by atoms with Crippen LogP contribution in [0.2, 0.25) is 0 Å². The zero-order chi connectivity index (χ0) is 21.7. The van der Waals surface area contributed by atoms with Crippen molar-refractivity contribution in [2.75, 3.05) is 0 Å². The quantitative estimate of drug-likeness (QED) is 0.397. The van der Waals surface area contributed by atoms with Crippen LogP contribution < -0.4 is 0 Å². The molecular weight excluding hydrogens is 454 g/mol. The minimum atomic E-state index is 0.789. The second-order valence-electron chi connectivity index (χ2n) is 9.28. The second-order valence-corrected chi connectivity index (χ2v) is 10.1. The maximum Gasteiger partial charge on any atom is 0.0357 e. The van der Waals surface area contributed by atoms with Crippen LogP contribution in [-0.2, 0) is 25.7 Å². The van der Waals surface area contributed by atoms with Crippen molar-refractivity contribution >= 4 is 27.2 Å². The number of allylic oxidation sites excluding steroid dienone is 4. The Morgan fingerprint density at radius 3 is 1.88 bits per heavy atom. The molecule has 0 spiro atoms. The normalized spacial score (nSPS) is 16.7. The molecular formula is C30H26BrN. The lowest BCUT2D eigenvalue weighted by atomic mass is 9.68. The molecule has 0 atom stereocenters. The molecule has 0 saturated carbocycles. The largest absolute Gasteiger partial charge is 0.305 e. The Morgan fingerprint density at radius 1 is 0.719 bits per heavy atom. The van der Waals surface area contributed by atoms with E-state index in [1.807, 2.05) is 0 Å². The van der Waals surface area contributed by atoms with Gasteiger partial charge in [0.25, 0.3) is 0 Å². The Hall–Kier alpha value is -2.71. The molecule has 0 radical (unpaired) electrons. The fraction of sp³-hybridized carbons (Fsp3) is 0.233. The van der Waals surface area contributed by atoms with E-state index >= 15 is 0 Å². The first-order valence-electron chi connectivity index (χ1n) is 11.6. The second kappa shape index (κ2) is 8.01. The number of halogens is 1. The highest BCUT2D eigenvalue weighted by Gasteiger charge is 2.34. The van der Waals surface area contributed by atoms with Crippen molar-refractivity contribution in [3.63, 3.8) is 0 Å². The van der Waals surface area contributed by atoms with Gasteiger partial charge in [-0.3, -0.25) is 0 Å². The Kier molecular flexibility index (Phi) is 4.99. The van der Waals surface area contributed by atoms with Crippen LogP contribution in [0.1, 0.15) is 58.2 Å². The average Bonchev–Trinajstić information content (AvgIpc) is 2.82. The van der Waals surface area contributed by atoms with Gasteiger partial charge >= 0.3 is 0 Å². The van der Waals surface area contributed by atoms with Gasteiger partial charge in [-0.05, 0) is 94.7 Å². The predicted octanol–water partition coefficient (Wildman–Crippen LogP) is 7.63. The van der Waals surface area contributed by atoms with Crippen LogP contribution in [0.25, 0.3) is 5.57 Å². The van der Waals surface area contributed by atoms with Crippen molar-refractivity contribution in [2.24, 2.45) is 0 Å². The molecule has 3 aliphatic carbocycles. The van der Waals surface area contributed by atoms with Gasteiger partial charge in [0.05, 0.1) is 0 Å². The summed E-state index contributed by atoms with van der Waals surface area (Å²) in [5.41, 5.74) is 15.5. The number of rotatable bonds is 4. The number of hydrogen-bond donors (Lipinski definition) is 1. The van der Waals surface area contributed by atoms with Gasteiger partial charge in [0.15, 0.2) is 0 Å². The highest BCUT2D eigenvalue weighted by molar-refractivity contribution is 9.10. The van der Waals surface area contributed by atoms with E-state index in [4.69, 9.17) is 5.41 Å². The minimum Gasteiger partial charge on any atom is -0.305 e. The van der Waals surface area contributed by atoms with Gasteiger partial charge in [0, 0.05) is 16.6 Å². The molecule has 32 heavy (non-hydrogen) atoms. The average molecular weight is 480 g/mol. The Morgan fingerprint density at radius 2 is 1.28 bits per heavy atom. The third-order valence-corrected chi connectivity index (χ3v) is 8.26. The molecule has 158 valence electrons. The van der Waals surface area contributed by atoms with E-state index in [1.165, 1.54) is 49.0 Å². The molecule has 1 N–H and O–H groups in total. The van der Waals surface area contributed by atoms with Crippen LogP contribution in [0.4, 0.5) is 0 Å². The van der Waals surface area contributed by atoms with Crippen molar-refractivity contribution in [2.45, 2.75) is 44.9 Å². The third-order valence-electron chi connectivity index (χ3n) is 7.31. The fourth-order valence-electron chi connectivity index (χ4n) is 5.92. The van der Waals surface area contributed by atoms with Gasteiger partial charge in [-0.1, -0.05) is 82.2 Å². The lowest BCUT2D eigenvalue weighted by molar-refractivity contribution is 0.819. The van der Waals surface area contributed by atoms with Gasteiger partial charge < -0.3 is 5.41 Å². The van der Waals surface area contributed by atoms with Crippen molar-refractivity contribution in [3.8, 4) is 0 Å². The van der Waals surface area contributed by atoms with E-state index in [0.29, 0.717) is 0 Å². The molecule has 3 aromatic rings. The monoisotopic (exact) mass is 479 g/mol. The van der Waals surface area contributed by atoms with Gasteiger partial charge in [-0.15, -0.1) is 0 Å². The minimum absolute atomic E-state index is 0.789. The zero-order valence-corrected chi connectivity index (χ0v) is 19.8. The summed E-state index contributed by atoms with van der Waals surface area (Å²) in [7, 11) is 0. The Balaban J connectivity index is 1.59. The number of benzene rings is 3. The molecule has 0 aromatic heterocycles. The molecule has 0 aliphatic heterocycles. The van der Waals surface area contributed by atoms with Crippen LogP contribution in [0.3, 0.4) is 0 Å². The summed E-state index contributed by atoms with van der Waals surface area (Å²) >= 11 is 4.12. The number of hydrogen-bond acceptors (Lipinski definition) is 1. The third kappa shape index (κ3) is 3.33. The first-order chi connectivity index (χ1) is 15.7.